The Labute approximate surface area is 151 Å². The monoisotopic (exact) mass is 354 g/mol. The molecule has 1 aromatic carbocycles. The lowest BCUT2D eigenvalue weighted by Crippen LogP contribution is -2.26. The van der Waals surface area contributed by atoms with E-state index in [0.29, 0.717) is 12.2 Å². The number of anilines is 1. The van der Waals surface area contributed by atoms with Gasteiger partial charge in [0.25, 0.3) is 5.91 Å². The normalized spacial score (nSPS) is 10.6. The van der Waals surface area contributed by atoms with Gasteiger partial charge in [-0.1, -0.05) is 24.3 Å². The van der Waals surface area contributed by atoms with E-state index in [1.54, 1.807) is 17.4 Å². The highest BCUT2D eigenvalue weighted by molar-refractivity contribution is 7.13. The number of nitrogens with one attached hydrogen (secondary N) is 2. The van der Waals surface area contributed by atoms with E-state index in [1.807, 2.05) is 35.7 Å². The van der Waals surface area contributed by atoms with Crippen LogP contribution < -0.4 is 10.2 Å². The van der Waals surface area contributed by atoms with Crippen molar-refractivity contribution in [3.63, 3.8) is 0 Å². The molecule has 0 aliphatic carbocycles. The molecule has 0 unspecified atom stereocenters. The lowest BCUT2D eigenvalue weighted by molar-refractivity contribution is 0.0948. The van der Waals surface area contributed by atoms with Gasteiger partial charge in [-0.3, -0.25) is 9.89 Å². The number of amides is 1. The number of aromatic nitrogens is 2. The number of para-hydroxylation sites is 1. The molecule has 25 heavy (non-hydrogen) atoms. The first-order chi connectivity index (χ1) is 12.2. The maximum atomic E-state index is 12.1. The van der Waals surface area contributed by atoms with Gasteiger partial charge in [0, 0.05) is 25.8 Å². The Morgan fingerprint density at radius 1 is 1.20 bits per heavy atom. The molecule has 130 valence electrons. The number of hydrogen-bond donors (Lipinski definition) is 2. The number of carbonyl (C=O) groups is 1. The average Bonchev–Trinajstić information content (AvgIpc) is 3.33. The first kappa shape index (κ1) is 17.2. The van der Waals surface area contributed by atoms with E-state index in [-0.39, 0.29) is 5.91 Å². The van der Waals surface area contributed by atoms with Gasteiger partial charge in [-0.25, -0.2) is 0 Å². The van der Waals surface area contributed by atoms with Crippen molar-refractivity contribution in [3.05, 3.63) is 59.6 Å². The number of H-pyrrole nitrogens is 1. The van der Waals surface area contributed by atoms with Crippen LogP contribution in [-0.4, -0.2) is 36.2 Å². The summed E-state index contributed by atoms with van der Waals surface area (Å²) in [5.74, 6) is -0.129. The van der Waals surface area contributed by atoms with Crippen LogP contribution in [0.1, 0.15) is 23.3 Å². The van der Waals surface area contributed by atoms with Gasteiger partial charge in [0.15, 0.2) is 5.69 Å². The minimum Gasteiger partial charge on any atom is -0.375 e. The number of aromatic amines is 1. The number of rotatable bonds is 8. The van der Waals surface area contributed by atoms with Crippen molar-refractivity contribution in [2.45, 2.75) is 12.8 Å². The van der Waals surface area contributed by atoms with Gasteiger partial charge in [-0.15, -0.1) is 11.3 Å². The Kier molecular flexibility index (Phi) is 5.85. The minimum absolute atomic E-state index is 0.129. The Morgan fingerprint density at radius 2 is 2.04 bits per heavy atom. The predicted octanol–water partition coefficient (Wildman–Crippen LogP) is 3.78. The molecular weight excluding hydrogens is 332 g/mol. The molecule has 0 aliphatic heterocycles. The van der Waals surface area contributed by atoms with Crippen molar-refractivity contribution in [1.29, 1.82) is 0 Å². The summed E-state index contributed by atoms with van der Waals surface area (Å²) in [6.45, 7) is 1.62. The van der Waals surface area contributed by atoms with Crippen LogP contribution in [0.4, 0.5) is 5.69 Å². The molecule has 0 aliphatic rings. The van der Waals surface area contributed by atoms with Crippen molar-refractivity contribution in [2.75, 3.05) is 25.0 Å². The Bertz CT molecular complexity index is 783. The van der Waals surface area contributed by atoms with Crippen molar-refractivity contribution >= 4 is 22.9 Å². The number of hydrogen-bond acceptors (Lipinski definition) is 4. The summed E-state index contributed by atoms with van der Waals surface area (Å²) in [4.78, 5) is 15.4. The van der Waals surface area contributed by atoms with Crippen molar-refractivity contribution in [2.24, 2.45) is 0 Å². The maximum absolute atomic E-state index is 12.1. The zero-order valence-electron chi connectivity index (χ0n) is 14.2. The Hall–Kier alpha value is -2.60. The van der Waals surface area contributed by atoms with Crippen LogP contribution in [0.3, 0.4) is 0 Å². The molecule has 0 atom stereocenters. The van der Waals surface area contributed by atoms with E-state index in [2.05, 4.69) is 39.6 Å². The molecule has 6 heteroatoms. The number of carbonyl (C=O) groups excluding carboxylic acids is 1. The van der Waals surface area contributed by atoms with E-state index in [1.165, 1.54) is 5.69 Å². The molecular formula is C19H22N4OS. The van der Waals surface area contributed by atoms with Gasteiger partial charge >= 0.3 is 0 Å². The summed E-state index contributed by atoms with van der Waals surface area (Å²) in [5, 5.41) is 12.0. The molecule has 1 amide bonds. The first-order valence-electron chi connectivity index (χ1n) is 8.38. The van der Waals surface area contributed by atoms with E-state index >= 15 is 0 Å². The van der Waals surface area contributed by atoms with Crippen LogP contribution in [0.25, 0.3) is 10.6 Å². The molecule has 2 aromatic heterocycles. The molecule has 0 saturated heterocycles. The van der Waals surface area contributed by atoms with Crippen LogP contribution in [0, 0.1) is 0 Å². The lowest BCUT2D eigenvalue weighted by atomic mass is 10.2. The topological polar surface area (TPSA) is 61.0 Å². The Morgan fingerprint density at radius 3 is 2.80 bits per heavy atom. The SMILES string of the molecule is CN(CCCCNC(=O)c1cc(-c2cccs2)[nH]n1)c1ccccc1. The fraction of sp³-hybridized carbons (Fsp3) is 0.263. The van der Waals surface area contributed by atoms with Crippen molar-refractivity contribution in [1.82, 2.24) is 15.5 Å². The minimum atomic E-state index is -0.129. The third-order valence-corrected chi connectivity index (χ3v) is 4.90. The molecule has 0 radical (unpaired) electrons. The second-order valence-corrected chi connectivity index (χ2v) is 6.81. The van der Waals surface area contributed by atoms with Gasteiger partial charge in [-0.2, -0.15) is 5.10 Å². The third kappa shape index (κ3) is 4.70. The van der Waals surface area contributed by atoms with Crippen LogP contribution in [0.15, 0.2) is 53.9 Å². The summed E-state index contributed by atoms with van der Waals surface area (Å²) in [5.41, 5.74) is 2.53. The first-order valence-corrected chi connectivity index (χ1v) is 9.25. The van der Waals surface area contributed by atoms with Gasteiger partial charge in [0.2, 0.25) is 0 Å². The lowest BCUT2D eigenvalue weighted by Gasteiger charge is -2.18. The van der Waals surface area contributed by atoms with E-state index < -0.39 is 0 Å². The summed E-state index contributed by atoms with van der Waals surface area (Å²) in [6, 6.07) is 16.1. The van der Waals surface area contributed by atoms with Gasteiger partial charge in [0.05, 0.1) is 10.6 Å². The molecule has 2 N–H and O–H groups in total. The van der Waals surface area contributed by atoms with Gasteiger partial charge in [-0.05, 0) is 42.5 Å². The number of thiophene rings is 1. The number of benzene rings is 1. The van der Waals surface area contributed by atoms with Gasteiger partial charge in [0.1, 0.15) is 0 Å². The third-order valence-electron chi connectivity index (χ3n) is 4.00. The largest absolute Gasteiger partial charge is 0.375 e. The molecule has 5 nitrogen and oxygen atoms in total. The fourth-order valence-electron chi connectivity index (χ4n) is 2.57. The highest BCUT2D eigenvalue weighted by Gasteiger charge is 2.11. The van der Waals surface area contributed by atoms with Crippen LogP contribution in [-0.2, 0) is 0 Å². The van der Waals surface area contributed by atoms with Gasteiger partial charge < -0.3 is 10.2 Å². The molecule has 0 bridgehead atoms. The number of nitrogens with zero attached hydrogens (tertiary/aromatic N) is 2. The summed E-state index contributed by atoms with van der Waals surface area (Å²) < 4.78 is 0. The van der Waals surface area contributed by atoms with Crippen LogP contribution in [0.2, 0.25) is 0 Å². The molecule has 0 saturated carbocycles. The molecule has 0 fully saturated rings. The van der Waals surface area contributed by atoms with Crippen LogP contribution >= 0.6 is 11.3 Å². The standard InChI is InChI=1S/C19H22N4OS/c1-23(15-8-3-2-4-9-15)12-6-5-11-20-19(24)17-14-16(21-22-17)18-10-7-13-25-18/h2-4,7-10,13-14H,5-6,11-12H2,1H3,(H,20,24)(H,21,22). The van der Waals surface area contributed by atoms with E-state index in [9.17, 15) is 4.79 Å². The molecule has 0 spiro atoms. The highest BCUT2D eigenvalue weighted by atomic mass is 32.1. The molecule has 3 aromatic rings. The fourth-order valence-corrected chi connectivity index (χ4v) is 3.27. The number of unbranched alkanes of at least 4 members (excludes halogenated alkanes) is 1. The zero-order chi connectivity index (χ0) is 17.5. The molecule has 3 rings (SSSR count). The quantitative estimate of drug-likeness (QED) is 0.605. The smallest absolute Gasteiger partial charge is 0.271 e. The molecule has 2 heterocycles. The second-order valence-electron chi connectivity index (χ2n) is 5.86. The summed E-state index contributed by atoms with van der Waals surface area (Å²) >= 11 is 1.62. The zero-order valence-corrected chi connectivity index (χ0v) is 15.1. The summed E-state index contributed by atoms with van der Waals surface area (Å²) in [7, 11) is 2.09. The van der Waals surface area contributed by atoms with E-state index in [0.717, 1.165) is 30.0 Å². The Balaban J connectivity index is 1.38. The van der Waals surface area contributed by atoms with Crippen LogP contribution in [0.5, 0.6) is 0 Å². The van der Waals surface area contributed by atoms with Crippen molar-refractivity contribution < 1.29 is 4.79 Å². The summed E-state index contributed by atoms with van der Waals surface area (Å²) in [6.07, 6.45) is 1.96. The maximum Gasteiger partial charge on any atom is 0.271 e. The second kappa shape index (κ2) is 8.48. The van der Waals surface area contributed by atoms with Crippen molar-refractivity contribution in [3.8, 4) is 10.6 Å². The highest BCUT2D eigenvalue weighted by Crippen LogP contribution is 2.22. The predicted molar refractivity (Wildman–Crippen MR) is 103 cm³/mol. The van der Waals surface area contributed by atoms with E-state index in [4.69, 9.17) is 0 Å². The average molecular weight is 354 g/mol.